The van der Waals surface area contributed by atoms with Gasteiger partial charge < -0.3 is 5.11 Å². The van der Waals surface area contributed by atoms with E-state index in [4.69, 9.17) is 23.2 Å². The summed E-state index contributed by atoms with van der Waals surface area (Å²) < 4.78 is 0. The summed E-state index contributed by atoms with van der Waals surface area (Å²) in [6, 6.07) is 12.2. The van der Waals surface area contributed by atoms with Crippen LogP contribution in [0.15, 0.2) is 52.7 Å². The van der Waals surface area contributed by atoms with Crippen molar-refractivity contribution in [3.63, 3.8) is 0 Å². The van der Waals surface area contributed by atoms with Gasteiger partial charge in [-0.05, 0) is 30.3 Å². The summed E-state index contributed by atoms with van der Waals surface area (Å²) in [5.41, 5.74) is 1.87. The van der Waals surface area contributed by atoms with Gasteiger partial charge in [0.1, 0.15) is 5.01 Å². The van der Waals surface area contributed by atoms with Gasteiger partial charge in [0.2, 0.25) is 0 Å². The number of hydrogen-bond donors (Lipinski definition) is 1. The Balaban J connectivity index is 1.78. The Labute approximate surface area is 157 Å². The van der Waals surface area contributed by atoms with Crippen molar-refractivity contribution in [2.24, 2.45) is 0 Å². The lowest BCUT2D eigenvalue weighted by molar-refractivity contribution is 0.0693. The van der Waals surface area contributed by atoms with Gasteiger partial charge >= 0.3 is 5.97 Å². The zero-order valence-corrected chi connectivity index (χ0v) is 15.3. The van der Waals surface area contributed by atoms with Crippen molar-refractivity contribution in [2.75, 3.05) is 0 Å². The second-order valence-corrected chi connectivity index (χ2v) is 7.64. The van der Waals surface area contributed by atoms with Crippen LogP contribution < -0.4 is 0 Å². The van der Waals surface area contributed by atoms with E-state index in [1.165, 1.54) is 23.1 Å². The highest BCUT2D eigenvalue weighted by atomic mass is 35.5. The van der Waals surface area contributed by atoms with Gasteiger partial charge in [0.15, 0.2) is 0 Å². The molecule has 0 aliphatic rings. The van der Waals surface area contributed by atoms with E-state index in [1.807, 2.05) is 11.4 Å². The van der Waals surface area contributed by atoms with Crippen LogP contribution in [0.4, 0.5) is 0 Å². The number of carbonyl (C=O) groups is 1. The van der Waals surface area contributed by atoms with E-state index >= 15 is 0 Å². The maximum absolute atomic E-state index is 11.2. The number of hydrogen-bond acceptors (Lipinski definition) is 4. The predicted molar refractivity (Wildman–Crippen MR) is 101 cm³/mol. The molecule has 3 rings (SSSR count). The zero-order chi connectivity index (χ0) is 17.1. The summed E-state index contributed by atoms with van der Waals surface area (Å²) in [5, 5.41) is 13.2. The highest BCUT2D eigenvalue weighted by Gasteiger charge is 2.12. The van der Waals surface area contributed by atoms with Crippen LogP contribution in [0.5, 0.6) is 0 Å². The highest BCUT2D eigenvalue weighted by molar-refractivity contribution is 7.98. The highest BCUT2D eigenvalue weighted by Crippen LogP contribution is 2.33. The van der Waals surface area contributed by atoms with Crippen molar-refractivity contribution in [1.82, 2.24) is 4.98 Å². The Bertz CT molecular complexity index is 896. The molecule has 0 saturated carbocycles. The molecule has 0 fully saturated rings. The molecule has 0 spiro atoms. The fourth-order valence-electron chi connectivity index (χ4n) is 2.10. The monoisotopic (exact) mass is 395 g/mol. The first-order chi connectivity index (χ1) is 11.5. The number of nitrogens with zero attached hydrogens (tertiary/aromatic N) is 1. The second kappa shape index (κ2) is 7.57. The van der Waals surface area contributed by atoms with Crippen molar-refractivity contribution in [3.8, 4) is 11.3 Å². The quantitative estimate of drug-likeness (QED) is 0.529. The number of rotatable bonds is 5. The summed E-state index contributed by atoms with van der Waals surface area (Å²) in [4.78, 5) is 16.5. The number of carboxylic acids is 1. The standard InChI is InChI=1S/C17H11Cl2NO2S2/c18-10-5-6-13(19)12(7-10)14-8-24-16(20-14)9-23-15-4-2-1-3-11(15)17(21)22/h1-8H,9H2,(H,21,22). The normalized spacial score (nSPS) is 10.8. The molecule has 0 amide bonds. The lowest BCUT2D eigenvalue weighted by Gasteiger charge is -2.04. The third-order valence-corrected chi connectivity index (χ3v) is 5.91. The molecule has 1 heterocycles. The van der Waals surface area contributed by atoms with Crippen LogP contribution in [0.25, 0.3) is 11.3 Å². The number of thioether (sulfide) groups is 1. The minimum Gasteiger partial charge on any atom is -0.478 e. The van der Waals surface area contributed by atoms with Crippen LogP contribution in [0.1, 0.15) is 15.4 Å². The molecule has 1 aromatic heterocycles. The Morgan fingerprint density at radius 3 is 2.79 bits per heavy atom. The topological polar surface area (TPSA) is 50.2 Å². The van der Waals surface area contributed by atoms with Crippen molar-refractivity contribution in [3.05, 3.63) is 68.5 Å². The van der Waals surface area contributed by atoms with Crippen molar-refractivity contribution in [1.29, 1.82) is 0 Å². The molecule has 0 aliphatic heterocycles. The van der Waals surface area contributed by atoms with E-state index < -0.39 is 5.97 Å². The Morgan fingerprint density at radius 1 is 1.21 bits per heavy atom. The molecule has 0 aliphatic carbocycles. The molecule has 3 aromatic rings. The lowest BCUT2D eigenvalue weighted by Crippen LogP contribution is -1.98. The smallest absolute Gasteiger partial charge is 0.336 e. The molecule has 24 heavy (non-hydrogen) atoms. The van der Waals surface area contributed by atoms with Crippen LogP contribution in [-0.2, 0) is 5.75 Å². The van der Waals surface area contributed by atoms with Crippen LogP contribution in [-0.4, -0.2) is 16.1 Å². The Morgan fingerprint density at radius 2 is 2.00 bits per heavy atom. The van der Waals surface area contributed by atoms with Gasteiger partial charge in [0.25, 0.3) is 0 Å². The number of halogens is 2. The maximum atomic E-state index is 11.2. The predicted octanol–water partition coefficient (Wildman–Crippen LogP) is 6.11. The van der Waals surface area contributed by atoms with E-state index in [-0.39, 0.29) is 0 Å². The molecule has 2 aromatic carbocycles. The fraction of sp³-hybridized carbons (Fsp3) is 0.0588. The van der Waals surface area contributed by atoms with E-state index in [9.17, 15) is 9.90 Å². The summed E-state index contributed by atoms with van der Waals surface area (Å²) in [6.07, 6.45) is 0. The van der Waals surface area contributed by atoms with E-state index in [0.29, 0.717) is 21.4 Å². The lowest BCUT2D eigenvalue weighted by atomic mass is 10.2. The first kappa shape index (κ1) is 17.3. The number of benzene rings is 2. The number of carboxylic acid groups (broad SMARTS) is 1. The summed E-state index contributed by atoms with van der Waals surface area (Å²) in [7, 11) is 0. The van der Waals surface area contributed by atoms with Crippen LogP contribution in [0.2, 0.25) is 10.0 Å². The summed E-state index contributed by atoms with van der Waals surface area (Å²) in [5.74, 6) is -0.337. The zero-order valence-electron chi connectivity index (χ0n) is 12.2. The van der Waals surface area contributed by atoms with Crippen LogP contribution in [0, 0.1) is 0 Å². The fourth-order valence-corrected chi connectivity index (χ4v) is 4.35. The maximum Gasteiger partial charge on any atom is 0.336 e. The minimum absolute atomic E-state index is 0.303. The molecule has 0 unspecified atom stereocenters. The van der Waals surface area contributed by atoms with Crippen molar-refractivity contribution >= 4 is 52.3 Å². The molecule has 0 saturated heterocycles. The minimum atomic E-state index is -0.927. The molecule has 0 atom stereocenters. The van der Waals surface area contributed by atoms with Gasteiger partial charge in [-0.15, -0.1) is 23.1 Å². The van der Waals surface area contributed by atoms with Crippen LogP contribution in [0.3, 0.4) is 0 Å². The molecule has 0 radical (unpaired) electrons. The van der Waals surface area contributed by atoms with Gasteiger partial charge in [-0.25, -0.2) is 9.78 Å². The number of thiazole rings is 1. The average molecular weight is 396 g/mol. The van der Waals surface area contributed by atoms with Gasteiger partial charge in [-0.3, -0.25) is 0 Å². The molecule has 122 valence electrons. The third-order valence-electron chi connectivity index (χ3n) is 3.22. The Hall–Kier alpha value is -1.53. The van der Waals surface area contributed by atoms with E-state index in [2.05, 4.69) is 4.98 Å². The van der Waals surface area contributed by atoms with Gasteiger partial charge in [0.05, 0.1) is 22.0 Å². The van der Waals surface area contributed by atoms with Crippen LogP contribution >= 0.6 is 46.3 Å². The Kier molecular flexibility index (Phi) is 5.46. The second-order valence-electron chi connectivity index (χ2n) is 4.84. The first-order valence-corrected chi connectivity index (χ1v) is 9.51. The molecular weight excluding hydrogens is 385 g/mol. The van der Waals surface area contributed by atoms with Gasteiger partial charge in [-0.2, -0.15) is 0 Å². The largest absolute Gasteiger partial charge is 0.478 e. The molecule has 0 bridgehead atoms. The first-order valence-electron chi connectivity index (χ1n) is 6.89. The molecular formula is C17H11Cl2NO2S2. The van der Waals surface area contributed by atoms with E-state index in [1.54, 1.807) is 36.4 Å². The number of aromatic carboxylic acids is 1. The SMILES string of the molecule is O=C(O)c1ccccc1SCc1nc(-c2cc(Cl)ccc2Cl)cs1. The van der Waals surface area contributed by atoms with Gasteiger partial charge in [-0.1, -0.05) is 35.3 Å². The van der Waals surface area contributed by atoms with Crippen molar-refractivity contribution < 1.29 is 9.90 Å². The summed E-state index contributed by atoms with van der Waals surface area (Å²) >= 11 is 15.2. The van der Waals surface area contributed by atoms with Gasteiger partial charge in [0, 0.05) is 20.9 Å². The third kappa shape index (κ3) is 3.92. The molecule has 3 nitrogen and oxygen atoms in total. The van der Waals surface area contributed by atoms with Crippen molar-refractivity contribution in [2.45, 2.75) is 10.6 Å². The number of aromatic nitrogens is 1. The van der Waals surface area contributed by atoms with E-state index in [0.717, 1.165) is 21.2 Å². The summed E-state index contributed by atoms with van der Waals surface area (Å²) in [6.45, 7) is 0. The molecule has 7 heteroatoms. The average Bonchev–Trinajstić information content (AvgIpc) is 3.04. The molecule has 1 N–H and O–H groups in total.